The second-order valence-corrected chi connectivity index (χ2v) is 3.47. The summed E-state index contributed by atoms with van der Waals surface area (Å²) in [4.78, 5) is 15.0. The van der Waals surface area contributed by atoms with Crippen LogP contribution < -0.4 is 4.74 Å². The van der Waals surface area contributed by atoms with Gasteiger partial charge >= 0.3 is 5.97 Å². The summed E-state index contributed by atoms with van der Waals surface area (Å²) in [7, 11) is 0. The predicted molar refractivity (Wildman–Crippen MR) is 47.6 cm³/mol. The molecular weight excluding hydrogens is 190 g/mol. The molecule has 2 rings (SSSR count). The van der Waals surface area contributed by atoms with Gasteiger partial charge in [0.1, 0.15) is 0 Å². The van der Waals surface area contributed by atoms with E-state index in [2.05, 4.69) is 4.98 Å². The Morgan fingerprint density at radius 2 is 2.31 bits per heavy atom. The van der Waals surface area contributed by atoms with Crippen LogP contribution in [0.2, 0.25) is 5.02 Å². The standard InChI is InChI=1S/C9H8ClNO2/c10-7-3-8(5-11-4-7)13-9(12)6-1-2-6/h3-6H,1-2H2. The number of ether oxygens (including phenoxy) is 1. The van der Waals surface area contributed by atoms with E-state index in [9.17, 15) is 4.79 Å². The Hall–Kier alpha value is -1.09. The molecule has 0 aromatic carbocycles. The SMILES string of the molecule is O=C(Oc1cncc(Cl)c1)C1CC1. The number of rotatable bonds is 2. The van der Waals surface area contributed by atoms with Crippen molar-refractivity contribution in [2.45, 2.75) is 12.8 Å². The second-order valence-electron chi connectivity index (χ2n) is 3.03. The van der Waals surface area contributed by atoms with Gasteiger partial charge in [-0.15, -0.1) is 0 Å². The highest BCUT2D eigenvalue weighted by Crippen LogP contribution is 2.30. The first-order valence-electron chi connectivity index (χ1n) is 4.08. The van der Waals surface area contributed by atoms with Gasteiger partial charge in [-0.3, -0.25) is 9.78 Å². The highest BCUT2D eigenvalue weighted by molar-refractivity contribution is 6.30. The molecule has 1 aromatic heterocycles. The number of carbonyl (C=O) groups excluding carboxylic acids is 1. The lowest BCUT2D eigenvalue weighted by molar-refractivity contribution is -0.135. The van der Waals surface area contributed by atoms with Crippen LogP contribution in [0, 0.1) is 5.92 Å². The first kappa shape index (κ1) is 8.51. The minimum absolute atomic E-state index is 0.0963. The highest BCUT2D eigenvalue weighted by atomic mass is 35.5. The maximum absolute atomic E-state index is 11.2. The molecule has 3 nitrogen and oxygen atoms in total. The van der Waals surface area contributed by atoms with Crippen molar-refractivity contribution in [1.82, 2.24) is 4.98 Å². The highest BCUT2D eigenvalue weighted by Gasteiger charge is 2.31. The van der Waals surface area contributed by atoms with Crippen LogP contribution in [0.25, 0.3) is 0 Å². The third-order valence-corrected chi connectivity index (χ3v) is 2.02. The van der Waals surface area contributed by atoms with E-state index in [1.165, 1.54) is 12.4 Å². The zero-order valence-electron chi connectivity index (χ0n) is 6.87. The average Bonchev–Trinajstić information content (AvgIpc) is 2.85. The van der Waals surface area contributed by atoms with Gasteiger partial charge in [0, 0.05) is 12.3 Å². The Balaban J connectivity index is 2.04. The molecule has 0 radical (unpaired) electrons. The molecule has 0 saturated heterocycles. The van der Waals surface area contributed by atoms with Gasteiger partial charge in [-0.2, -0.15) is 0 Å². The van der Waals surface area contributed by atoms with Gasteiger partial charge < -0.3 is 4.74 Å². The van der Waals surface area contributed by atoms with Crippen LogP contribution >= 0.6 is 11.6 Å². The van der Waals surface area contributed by atoms with Crippen molar-refractivity contribution in [3.63, 3.8) is 0 Å². The summed E-state index contributed by atoms with van der Waals surface area (Å²) in [5, 5.41) is 0.473. The Morgan fingerprint density at radius 1 is 1.54 bits per heavy atom. The van der Waals surface area contributed by atoms with E-state index in [0.717, 1.165) is 12.8 Å². The van der Waals surface area contributed by atoms with Gasteiger partial charge in [0.15, 0.2) is 5.75 Å². The van der Waals surface area contributed by atoms with E-state index >= 15 is 0 Å². The van der Waals surface area contributed by atoms with E-state index < -0.39 is 0 Å². The smallest absolute Gasteiger partial charge is 0.314 e. The van der Waals surface area contributed by atoms with Gasteiger partial charge in [0.05, 0.1) is 17.1 Å². The molecule has 1 heterocycles. The third-order valence-electron chi connectivity index (χ3n) is 1.81. The van der Waals surface area contributed by atoms with Crippen molar-refractivity contribution in [3.05, 3.63) is 23.5 Å². The van der Waals surface area contributed by atoms with E-state index in [1.807, 2.05) is 0 Å². The molecule has 0 atom stereocenters. The van der Waals surface area contributed by atoms with Crippen molar-refractivity contribution in [2.24, 2.45) is 5.92 Å². The van der Waals surface area contributed by atoms with Crippen LogP contribution in [0.15, 0.2) is 18.5 Å². The molecule has 0 unspecified atom stereocenters. The van der Waals surface area contributed by atoms with E-state index in [1.54, 1.807) is 6.07 Å². The van der Waals surface area contributed by atoms with Crippen LogP contribution in [-0.2, 0) is 4.79 Å². The second kappa shape index (κ2) is 3.34. The summed E-state index contributed by atoms with van der Waals surface area (Å²) in [6, 6.07) is 1.58. The van der Waals surface area contributed by atoms with Gasteiger partial charge in [-0.05, 0) is 12.8 Å². The lowest BCUT2D eigenvalue weighted by Gasteiger charge is -2.01. The summed E-state index contributed by atoms with van der Waals surface area (Å²) >= 11 is 5.67. The Kier molecular flexibility index (Phi) is 2.19. The number of hydrogen-bond acceptors (Lipinski definition) is 3. The molecule has 1 fully saturated rings. The molecule has 0 bridgehead atoms. The molecule has 1 aliphatic rings. The Morgan fingerprint density at radius 3 is 2.92 bits per heavy atom. The van der Waals surface area contributed by atoms with Crippen molar-refractivity contribution < 1.29 is 9.53 Å². The first-order chi connectivity index (χ1) is 6.25. The number of carbonyl (C=O) groups is 1. The number of aromatic nitrogens is 1. The van der Waals surface area contributed by atoms with E-state index in [4.69, 9.17) is 16.3 Å². The maximum Gasteiger partial charge on any atom is 0.314 e. The molecule has 0 aliphatic heterocycles. The van der Waals surface area contributed by atoms with E-state index in [-0.39, 0.29) is 11.9 Å². The van der Waals surface area contributed by atoms with Gasteiger partial charge in [0.2, 0.25) is 0 Å². The molecule has 1 aliphatic carbocycles. The zero-order valence-corrected chi connectivity index (χ0v) is 7.62. The van der Waals surface area contributed by atoms with Gasteiger partial charge in [0.25, 0.3) is 0 Å². The lowest BCUT2D eigenvalue weighted by atomic mass is 10.4. The number of nitrogens with zero attached hydrogens (tertiary/aromatic N) is 1. The minimum Gasteiger partial charge on any atom is -0.425 e. The molecule has 1 aromatic rings. The topological polar surface area (TPSA) is 39.2 Å². The van der Waals surface area contributed by atoms with Crippen molar-refractivity contribution in [3.8, 4) is 5.75 Å². The molecule has 0 N–H and O–H groups in total. The number of esters is 1. The molecule has 0 amide bonds. The Bertz CT molecular complexity index is 336. The molecule has 0 spiro atoms. The monoisotopic (exact) mass is 197 g/mol. The van der Waals surface area contributed by atoms with E-state index in [0.29, 0.717) is 10.8 Å². The van der Waals surface area contributed by atoms with Crippen molar-refractivity contribution >= 4 is 17.6 Å². The predicted octanol–water partition coefficient (Wildman–Crippen LogP) is 2.05. The van der Waals surface area contributed by atoms with Crippen molar-refractivity contribution in [2.75, 3.05) is 0 Å². The quantitative estimate of drug-likeness (QED) is 0.682. The summed E-state index contributed by atoms with van der Waals surface area (Å²) in [5.41, 5.74) is 0. The fourth-order valence-electron chi connectivity index (χ4n) is 0.967. The normalized spacial score (nSPS) is 15.5. The van der Waals surface area contributed by atoms with Crippen LogP contribution in [0.1, 0.15) is 12.8 Å². The zero-order chi connectivity index (χ0) is 9.26. The molecule has 68 valence electrons. The molecule has 4 heteroatoms. The maximum atomic E-state index is 11.2. The number of hydrogen-bond donors (Lipinski definition) is 0. The first-order valence-corrected chi connectivity index (χ1v) is 4.46. The summed E-state index contributed by atoms with van der Waals surface area (Å²) < 4.78 is 5.03. The third kappa shape index (κ3) is 2.18. The molecule has 1 saturated carbocycles. The summed E-state index contributed by atoms with van der Waals surface area (Å²) in [6.07, 6.45) is 4.85. The van der Waals surface area contributed by atoms with Gasteiger partial charge in [-0.25, -0.2) is 0 Å². The lowest BCUT2D eigenvalue weighted by Crippen LogP contribution is -2.09. The molecular formula is C9H8ClNO2. The van der Waals surface area contributed by atoms with Crippen LogP contribution in [0.4, 0.5) is 0 Å². The van der Waals surface area contributed by atoms with Crippen LogP contribution in [0.5, 0.6) is 5.75 Å². The Labute approximate surface area is 80.7 Å². The van der Waals surface area contributed by atoms with Crippen LogP contribution in [0.3, 0.4) is 0 Å². The molecule has 13 heavy (non-hydrogen) atoms. The van der Waals surface area contributed by atoms with Crippen LogP contribution in [-0.4, -0.2) is 11.0 Å². The largest absolute Gasteiger partial charge is 0.425 e. The summed E-state index contributed by atoms with van der Waals surface area (Å²) in [5.74, 6) is 0.340. The summed E-state index contributed by atoms with van der Waals surface area (Å²) in [6.45, 7) is 0. The fraction of sp³-hybridized carbons (Fsp3) is 0.333. The average molecular weight is 198 g/mol. The van der Waals surface area contributed by atoms with Crippen molar-refractivity contribution in [1.29, 1.82) is 0 Å². The number of halogens is 1. The van der Waals surface area contributed by atoms with Gasteiger partial charge in [-0.1, -0.05) is 11.6 Å². The minimum atomic E-state index is -0.177. The fourth-order valence-corrected chi connectivity index (χ4v) is 1.13. The number of pyridine rings is 1.